The van der Waals surface area contributed by atoms with E-state index in [9.17, 15) is 9.59 Å². The summed E-state index contributed by atoms with van der Waals surface area (Å²) in [5, 5.41) is 7.54. The number of aromatic nitrogens is 2. The molecule has 4 aromatic rings. The molecule has 148 valence electrons. The van der Waals surface area contributed by atoms with Crippen molar-refractivity contribution in [1.82, 2.24) is 9.55 Å². The molecule has 7 heteroatoms. The number of anilines is 1. The van der Waals surface area contributed by atoms with Crippen LogP contribution in [0.1, 0.15) is 25.0 Å². The van der Waals surface area contributed by atoms with Crippen molar-refractivity contribution in [1.29, 1.82) is 0 Å². The molecule has 3 heterocycles. The maximum absolute atomic E-state index is 13.1. The number of carbonyl (C=O) groups excluding carboxylic acids is 1. The van der Waals surface area contributed by atoms with Crippen LogP contribution in [0, 0.1) is 0 Å². The second kappa shape index (κ2) is 8.31. The van der Waals surface area contributed by atoms with Gasteiger partial charge in [0.25, 0.3) is 5.56 Å². The van der Waals surface area contributed by atoms with Gasteiger partial charge in [-0.05, 0) is 35.4 Å². The second-order valence-corrected chi connectivity index (χ2v) is 8.50. The van der Waals surface area contributed by atoms with Crippen molar-refractivity contribution in [3.05, 3.63) is 68.9 Å². The van der Waals surface area contributed by atoms with Crippen molar-refractivity contribution in [2.45, 2.75) is 33.2 Å². The van der Waals surface area contributed by atoms with Gasteiger partial charge in [-0.2, -0.15) is 0 Å². The summed E-state index contributed by atoms with van der Waals surface area (Å²) in [4.78, 5) is 32.0. The van der Waals surface area contributed by atoms with Gasteiger partial charge in [-0.25, -0.2) is 4.98 Å². The van der Waals surface area contributed by atoms with E-state index in [-0.39, 0.29) is 18.0 Å². The van der Waals surface area contributed by atoms with Crippen molar-refractivity contribution >= 4 is 44.5 Å². The molecule has 1 amide bonds. The number of fused-ring (bicyclic) bond motifs is 1. The summed E-state index contributed by atoms with van der Waals surface area (Å²) in [6.07, 6.45) is 3.12. The van der Waals surface area contributed by atoms with Gasteiger partial charge in [0, 0.05) is 21.5 Å². The first-order valence-electron chi connectivity index (χ1n) is 9.53. The monoisotopic (exact) mass is 423 g/mol. The zero-order valence-corrected chi connectivity index (χ0v) is 17.9. The second-order valence-electron chi connectivity index (χ2n) is 6.69. The van der Waals surface area contributed by atoms with Crippen LogP contribution in [0.25, 0.3) is 20.7 Å². The Morgan fingerprint density at radius 2 is 1.86 bits per heavy atom. The summed E-state index contributed by atoms with van der Waals surface area (Å²) >= 11 is 3.03. The van der Waals surface area contributed by atoms with Crippen LogP contribution in [0.2, 0.25) is 0 Å². The molecule has 0 aliphatic carbocycles. The molecular formula is C22H21N3O2S2. The lowest BCUT2D eigenvalue weighted by Gasteiger charge is -2.15. The Kier molecular flexibility index (Phi) is 5.60. The number of amides is 1. The highest BCUT2D eigenvalue weighted by atomic mass is 32.1. The number of para-hydroxylation sites is 1. The molecule has 1 N–H and O–H groups in total. The molecule has 3 aromatic heterocycles. The lowest BCUT2D eigenvalue weighted by Crippen LogP contribution is -2.28. The number of benzene rings is 1. The van der Waals surface area contributed by atoms with Gasteiger partial charge in [0.2, 0.25) is 5.91 Å². The van der Waals surface area contributed by atoms with Crippen LogP contribution in [0.4, 0.5) is 5.69 Å². The van der Waals surface area contributed by atoms with Gasteiger partial charge < -0.3 is 5.32 Å². The zero-order chi connectivity index (χ0) is 20.4. The maximum Gasteiger partial charge on any atom is 0.263 e. The number of rotatable bonds is 6. The minimum atomic E-state index is -0.225. The van der Waals surface area contributed by atoms with E-state index in [1.807, 2.05) is 41.1 Å². The standard InChI is InChI=1S/C22H21N3O2S2/c1-3-14-7-5-8-15(4-2)20(14)24-18(26)11-25-13-23-21-19(22(25)27)16(12-29-21)17-9-6-10-28-17/h5-10,12-13H,3-4,11H2,1-2H3,(H,24,26). The highest BCUT2D eigenvalue weighted by molar-refractivity contribution is 7.18. The number of carbonyl (C=O) groups is 1. The normalized spacial score (nSPS) is 11.1. The van der Waals surface area contributed by atoms with Crippen LogP contribution in [0.15, 0.2) is 52.2 Å². The quantitative estimate of drug-likeness (QED) is 0.477. The van der Waals surface area contributed by atoms with Crippen molar-refractivity contribution < 1.29 is 4.79 Å². The van der Waals surface area contributed by atoms with E-state index in [0.29, 0.717) is 10.2 Å². The molecule has 0 fully saturated rings. The Morgan fingerprint density at radius 1 is 1.10 bits per heavy atom. The van der Waals surface area contributed by atoms with Crippen molar-refractivity contribution in [3.63, 3.8) is 0 Å². The summed E-state index contributed by atoms with van der Waals surface area (Å²) in [5.74, 6) is -0.225. The Bertz CT molecular complexity index is 1200. The molecular weight excluding hydrogens is 402 g/mol. The molecule has 0 atom stereocenters. The first kappa shape index (κ1) is 19.5. The van der Waals surface area contributed by atoms with Crippen LogP contribution in [-0.4, -0.2) is 15.5 Å². The third-order valence-electron chi connectivity index (χ3n) is 4.92. The first-order chi connectivity index (χ1) is 14.1. The lowest BCUT2D eigenvalue weighted by molar-refractivity contribution is -0.116. The van der Waals surface area contributed by atoms with E-state index in [0.717, 1.165) is 40.1 Å². The fourth-order valence-electron chi connectivity index (χ4n) is 3.43. The van der Waals surface area contributed by atoms with Crippen molar-refractivity contribution in [3.8, 4) is 10.4 Å². The molecule has 0 unspecified atom stereocenters. The van der Waals surface area contributed by atoms with Crippen LogP contribution in [0.5, 0.6) is 0 Å². The Morgan fingerprint density at radius 3 is 2.52 bits per heavy atom. The van der Waals surface area contributed by atoms with Crippen LogP contribution >= 0.6 is 22.7 Å². The molecule has 0 bridgehead atoms. The number of aryl methyl sites for hydroxylation is 2. The SMILES string of the molecule is CCc1cccc(CC)c1NC(=O)Cn1cnc2scc(-c3cccs3)c2c1=O. The van der Waals surface area contributed by atoms with Gasteiger partial charge in [0.05, 0.1) is 11.7 Å². The molecule has 0 aliphatic heterocycles. The fourth-order valence-corrected chi connectivity index (χ4v) is 5.15. The third-order valence-corrected chi connectivity index (χ3v) is 6.71. The summed E-state index contributed by atoms with van der Waals surface area (Å²) in [6.45, 7) is 4.06. The molecule has 0 saturated heterocycles. The molecule has 0 saturated carbocycles. The average molecular weight is 424 g/mol. The number of thiophene rings is 2. The highest BCUT2D eigenvalue weighted by Crippen LogP contribution is 2.33. The summed E-state index contributed by atoms with van der Waals surface area (Å²) in [7, 11) is 0. The van der Waals surface area contributed by atoms with Gasteiger partial charge in [0.15, 0.2) is 0 Å². The van der Waals surface area contributed by atoms with Gasteiger partial charge in [-0.15, -0.1) is 22.7 Å². The Labute approximate surface area is 176 Å². The highest BCUT2D eigenvalue weighted by Gasteiger charge is 2.16. The van der Waals surface area contributed by atoms with Crippen LogP contribution in [-0.2, 0) is 24.2 Å². The smallest absolute Gasteiger partial charge is 0.263 e. The predicted molar refractivity (Wildman–Crippen MR) is 121 cm³/mol. The van der Waals surface area contributed by atoms with Gasteiger partial charge in [0.1, 0.15) is 11.4 Å². The topological polar surface area (TPSA) is 64.0 Å². The summed E-state index contributed by atoms with van der Waals surface area (Å²) < 4.78 is 1.39. The van der Waals surface area contributed by atoms with E-state index in [1.165, 1.54) is 22.2 Å². The van der Waals surface area contributed by atoms with Gasteiger partial charge in [-0.1, -0.05) is 38.1 Å². The molecule has 29 heavy (non-hydrogen) atoms. The maximum atomic E-state index is 13.1. The van der Waals surface area contributed by atoms with Crippen molar-refractivity contribution in [2.24, 2.45) is 0 Å². The number of hydrogen-bond acceptors (Lipinski definition) is 5. The number of nitrogens with one attached hydrogen (secondary N) is 1. The molecule has 0 radical (unpaired) electrons. The van der Waals surface area contributed by atoms with E-state index in [4.69, 9.17) is 0 Å². The van der Waals surface area contributed by atoms with Gasteiger partial charge in [-0.3, -0.25) is 14.2 Å². The molecule has 1 aromatic carbocycles. The summed E-state index contributed by atoms with van der Waals surface area (Å²) in [6, 6.07) is 10.0. The van der Waals surface area contributed by atoms with Gasteiger partial charge >= 0.3 is 0 Å². The predicted octanol–water partition coefficient (Wildman–Crippen LogP) is 4.95. The average Bonchev–Trinajstić information content (AvgIpc) is 3.40. The van der Waals surface area contributed by atoms with E-state index in [2.05, 4.69) is 24.1 Å². The van der Waals surface area contributed by atoms with E-state index >= 15 is 0 Å². The Balaban J connectivity index is 1.65. The number of hydrogen-bond donors (Lipinski definition) is 1. The third kappa shape index (κ3) is 3.75. The minimum Gasteiger partial charge on any atom is -0.324 e. The Hall–Kier alpha value is -2.77. The fraction of sp³-hybridized carbons (Fsp3) is 0.227. The number of nitrogens with zero attached hydrogens (tertiary/aromatic N) is 2. The lowest BCUT2D eigenvalue weighted by atomic mass is 10.0. The first-order valence-corrected chi connectivity index (χ1v) is 11.3. The molecule has 5 nitrogen and oxygen atoms in total. The minimum absolute atomic E-state index is 0.0668. The van der Waals surface area contributed by atoms with Crippen molar-refractivity contribution in [2.75, 3.05) is 5.32 Å². The molecule has 4 rings (SSSR count). The van der Waals surface area contributed by atoms with Crippen LogP contribution in [0.3, 0.4) is 0 Å². The van der Waals surface area contributed by atoms with E-state index in [1.54, 1.807) is 11.3 Å². The molecule has 0 aliphatic rings. The van der Waals surface area contributed by atoms with Crippen LogP contribution < -0.4 is 10.9 Å². The summed E-state index contributed by atoms with van der Waals surface area (Å²) in [5.41, 5.74) is 3.75. The zero-order valence-electron chi connectivity index (χ0n) is 16.3. The largest absolute Gasteiger partial charge is 0.324 e. The molecule has 0 spiro atoms. The van der Waals surface area contributed by atoms with E-state index < -0.39 is 0 Å².